The van der Waals surface area contributed by atoms with Crippen molar-refractivity contribution in [2.45, 2.75) is 44.8 Å². The maximum atomic E-state index is 12.4. The number of nitrogens with one attached hydrogen (secondary N) is 1. The lowest BCUT2D eigenvalue weighted by Gasteiger charge is -2.39. The minimum atomic E-state index is -0.318. The van der Waals surface area contributed by atoms with E-state index in [-0.39, 0.29) is 17.0 Å². The number of carbonyl (C=O) groups excluding carboxylic acids is 1. The van der Waals surface area contributed by atoms with E-state index in [1.54, 1.807) is 24.8 Å². The van der Waals surface area contributed by atoms with Crippen LogP contribution in [0.5, 0.6) is 0 Å². The number of methoxy groups -OCH3 is 1. The van der Waals surface area contributed by atoms with Gasteiger partial charge in [0.15, 0.2) is 5.82 Å². The van der Waals surface area contributed by atoms with Crippen LogP contribution in [0.25, 0.3) is 0 Å². The zero-order valence-electron chi connectivity index (χ0n) is 16.3. The molecule has 8 heteroatoms. The summed E-state index contributed by atoms with van der Waals surface area (Å²) in [6.07, 6.45) is 1.71. The average molecular weight is 371 g/mol. The molecule has 0 atom stereocenters. The summed E-state index contributed by atoms with van der Waals surface area (Å²) in [5.41, 5.74) is 1.03. The molecule has 2 rings (SSSR count). The van der Waals surface area contributed by atoms with Gasteiger partial charge in [0.25, 0.3) is 6.47 Å². The Kier molecular flexibility index (Phi) is 8.74. The molecule has 1 aliphatic heterocycles. The third-order valence-electron chi connectivity index (χ3n) is 3.99. The van der Waals surface area contributed by atoms with Crippen molar-refractivity contribution in [3.05, 3.63) is 18.2 Å². The highest BCUT2D eigenvalue weighted by Gasteiger charge is 2.34. The highest BCUT2D eigenvalue weighted by Crippen LogP contribution is 2.27. The molecule has 0 bridgehead atoms. The van der Waals surface area contributed by atoms with Crippen LogP contribution < -0.4 is 10.4 Å². The number of nitrogens with zero attached hydrogens (tertiary/aromatic N) is 2. The van der Waals surface area contributed by atoms with Crippen molar-refractivity contribution in [2.75, 3.05) is 44.4 Å². The number of halogens is 1. The second kappa shape index (κ2) is 10.3. The molecule has 0 aliphatic carbocycles. The molecule has 1 saturated heterocycles. The van der Waals surface area contributed by atoms with E-state index < -0.39 is 0 Å². The van der Waals surface area contributed by atoms with Gasteiger partial charge in [0.05, 0.1) is 5.60 Å². The predicted octanol–water partition coefficient (Wildman–Crippen LogP) is 2.97. The zero-order valence-corrected chi connectivity index (χ0v) is 16.3. The molecule has 1 fully saturated rings. The van der Waals surface area contributed by atoms with Gasteiger partial charge in [-0.25, -0.2) is 10.5 Å². The quantitative estimate of drug-likeness (QED) is 0.609. The van der Waals surface area contributed by atoms with Crippen LogP contribution >= 0.6 is 0 Å². The van der Waals surface area contributed by atoms with Crippen molar-refractivity contribution in [1.29, 1.82) is 0 Å². The molecule has 0 radical (unpaired) electrons. The van der Waals surface area contributed by atoms with Gasteiger partial charge in [-0.1, -0.05) is 6.07 Å². The Bertz CT molecular complexity index is 545. The van der Waals surface area contributed by atoms with E-state index in [2.05, 4.69) is 9.72 Å². The van der Waals surface area contributed by atoms with Crippen LogP contribution in [0.3, 0.4) is 0 Å². The Hall–Kier alpha value is -1.93. The van der Waals surface area contributed by atoms with Gasteiger partial charge in [0.2, 0.25) is 0 Å². The third kappa shape index (κ3) is 7.53. The van der Waals surface area contributed by atoms with Crippen LogP contribution in [-0.2, 0) is 19.0 Å². The number of ether oxygens (including phenoxy) is 3. The molecule has 0 amide bonds. The largest absolute Gasteiger partial charge is 0.462 e. The molecule has 1 aromatic rings. The lowest BCUT2D eigenvalue weighted by Crippen LogP contribution is -2.47. The number of aromatic nitrogens is 1. The summed E-state index contributed by atoms with van der Waals surface area (Å²) in [7, 11) is 3.66. The monoisotopic (exact) mass is 371 g/mol. The first-order valence-corrected chi connectivity index (χ1v) is 8.54. The molecule has 0 spiro atoms. The van der Waals surface area contributed by atoms with E-state index in [9.17, 15) is 9.28 Å². The van der Waals surface area contributed by atoms with Crippen molar-refractivity contribution in [2.24, 2.45) is 0 Å². The van der Waals surface area contributed by atoms with Gasteiger partial charge in [-0.2, -0.15) is 0 Å². The highest BCUT2D eigenvalue weighted by atomic mass is 19.2. The summed E-state index contributed by atoms with van der Waals surface area (Å²) in [5.74, 6) is 0.924. The Labute approximate surface area is 154 Å². The maximum absolute atomic E-state index is 12.4. The third-order valence-corrected chi connectivity index (χ3v) is 3.99. The Morgan fingerprint density at radius 1 is 1.38 bits per heavy atom. The van der Waals surface area contributed by atoms with Gasteiger partial charge in [0, 0.05) is 46.8 Å². The fourth-order valence-electron chi connectivity index (χ4n) is 2.52. The topological polar surface area (TPSA) is 72.9 Å². The fourth-order valence-corrected chi connectivity index (χ4v) is 2.52. The van der Waals surface area contributed by atoms with E-state index in [1.807, 2.05) is 38.8 Å². The summed E-state index contributed by atoms with van der Waals surface area (Å²) < 4.78 is 28.0. The minimum Gasteiger partial charge on any atom is -0.462 e. The normalized spacial score (nSPS) is 16.1. The molecule has 0 unspecified atom stereocenters. The lowest BCUT2D eigenvalue weighted by molar-refractivity contribution is -0.138. The molecule has 1 N–H and O–H groups in total. The lowest BCUT2D eigenvalue weighted by atomic mass is 9.93. The highest BCUT2D eigenvalue weighted by molar-refractivity contribution is 5.45. The van der Waals surface area contributed by atoms with Crippen molar-refractivity contribution >= 4 is 18.1 Å². The number of rotatable bonds is 6. The number of carbonyl (C=O) groups is 1. The Morgan fingerprint density at radius 3 is 2.50 bits per heavy atom. The van der Waals surface area contributed by atoms with Crippen LogP contribution in [0.1, 0.15) is 33.6 Å². The first-order chi connectivity index (χ1) is 12.2. The molecule has 7 nitrogen and oxygen atoms in total. The van der Waals surface area contributed by atoms with Crippen LogP contribution in [-0.4, -0.2) is 56.6 Å². The van der Waals surface area contributed by atoms with Crippen molar-refractivity contribution in [3.63, 3.8) is 0 Å². The molecular weight excluding hydrogens is 341 g/mol. The van der Waals surface area contributed by atoms with Gasteiger partial charge >= 0.3 is 0 Å². The van der Waals surface area contributed by atoms with Crippen LogP contribution in [0.2, 0.25) is 0 Å². The van der Waals surface area contributed by atoms with Crippen LogP contribution in [0, 0.1) is 0 Å². The minimum absolute atomic E-state index is 0.211. The average Bonchev–Trinajstić information content (AvgIpc) is 2.62. The van der Waals surface area contributed by atoms with Gasteiger partial charge in [0.1, 0.15) is 11.4 Å². The standard InChI is InChI=1S/C13H20FN3O2.C5H10O2/c1-17(12-5-3-4-11(15-12)16-14)10-13(18-2)6-8-19-9-7-13;1-5(2,3)7-4-6/h3-5H,6-10H2,1-2H3,(H,15,16);4H,1-3H3. The van der Waals surface area contributed by atoms with Crippen molar-refractivity contribution in [3.8, 4) is 0 Å². The van der Waals surface area contributed by atoms with Crippen molar-refractivity contribution in [1.82, 2.24) is 4.98 Å². The second-order valence-corrected chi connectivity index (χ2v) is 7.16. The molecule has 1 aliphatic rings. The van der Waals surface area contributed by atoms with Crippen LogP contribution in [0.15, 0.2) is 18.2 Å². The number of likely N-dealkylation sites (N-methyl/N-ethyl adjacent to an activating group) is 1. The number of anilines is 2. The van der Waals surface area contributed by atoms with Crippen LogP contribution in [0.4, 0.5) is 16.1 Å². The zero-order chi connectivity index (χ0) is 19.6. The van der Waals surface area contributed by atoms with E-state index in [0.29, 0.717) is 32.0 Å². The SMILES string of the molecule is CC(C)(C)OC=O.COC1(CN(C)c2cccc(NF)n2)CCOCC1. The summed E-state index contributed by atoms with van der Waals surface area (Å²) in [5, 5.41) is 0. The molecule has 0 saturated carbocycles. The molecule has 148 valence electrons. The number of hydrogen-bond acceptors (Lipinski definition) is 7. The van der Waals surface area contributed by atoms with E-state index in [0.717, 1.165) is 12.8 Å². The predicted molar refractivity (Wildman–Crippen MR) is 98.9 cm³/mol. The van der Waals surface area contributed by atoms with Gasteiger partial charge < -0.3 is 19.1 Å². The Morgan fingerprint density at radius 2 is 2.04 bits per heavy atom. The van der Waals surface area contributed by atoms with E-state index in [4.69, 9.17) is 9.47 Å². The van der Waals surface area contributed by atoms with Crippen molar-refractivity contribution < 1.29 is 23.5 Å². The number of hydrogen-bond donors (Lipinski definition) is 1. The fraction of sp³-hybridized carbons (Fsp3) is 0.667. The van der Waals surface area contributed by atoms with Gasteiger partial charge in [-0.3, -0.25) is 4.79 Å². The smallest absolute Gasteiger partial charge is 0.293 e. The summed E-state index contributed by atoms with van der Waals surface area (Å²) in [6.45, 7) is 8.04. The molecule has 2 heterocycles. The van der Waals surface area contributed by atoms with Gasteiger partial charge in [-0.05, 0) is 32.9 Å². The van der Waals surface area contributed by atoms with E-state index >= 15 is 0 Å². The van der Waals surface area contributed by atoms with E-state index in [1.165, 1.54) is 0 Å². The molecule has 0 aromatic carbocycles. The van der Waals surface area contributed by atoms with Gasteiger partial charge in [-0.15, -0.1) is 4.48 Å². The molecule has 1 aromatic heterocycles. The summed E-state index contributed by atoms with van der Waals surface area (Å²) in [6, 6.07) is 5.20. The summed E-state index contributed by atoms with van der Waals surface area (Å²) >= 11 is 0. The summed E-state index contributed by atoms with van der Waals surface area (Å²) in [4.78, 5) is 15.8. The first kappa shape index (κ1) is 22.1. The second-order valence-electron chi connectivity index (χ2n) is 7.16. The maximum Gasteiger partial charge on any atom is 0.293 e. The molecule has 26 heavy (non-hydrogen) atoms. The molecular formula is C18H30FN3O4. The number of pyridine rings is 1. The Balaban J connectivity index is 0.000000412. The first-order valence-electron chi connectivity index (χ1n) is 8.54.